The van der Waals surface area contributed by atoms with Gasteiger partial charge in [0.1, 0.15) is 0 Å². The molecule has 0 unspecified atom stereocenters. The minimum atomic E-state index is 0.414. The van der Waals surface area contributed by atoms with E-state index in [-0.39, 0.29) is 0 Å². The maximum Gasteiger partial charge on any atom is 0.153 e. The Morgan fingerprint density at radius 3 is 2.45 bits per heavy atom. The third-order valence-corrected chi connectivity index (χ3v) is 3.71. The molecular weight excluding hydrogens is 272 g/mol. The molecule has 0 aliphatic carbocycles. The van der Waals surface area contributed by atoms with Gasteiger partial charge >= 0.3 is 0 Å². The number of nitrogens with zero attached hydrogens (tertiary/aromatic N) is 3. The van der Waals surface area contributed by atoms with Crippen molar-refractivity contribution in [1.29, 1.82) is 0 Å². The molecule has 0 saturated carbocycles. The second-order valence-electron chi connectivity index (χ2n) is 5.60. The third kappa shape index (κ3) is 2.78. The first-order chi connectivity index (χ1) is 10.7. The minimum Gasteiger partial charge on any atom is -0.325 e. The van der Waals surface area contributed by atoms with Crippen LogP contribution < -0.4 is 5.73 Å². The Bertz CT molecular complexity index is 743. The van der Waals surface area contributed by atoms with Gasteiger partial charge in [0.05, 0.1) is 11.4 Å². The van der Waals surface area contributed by atoms with Gasteiger partial charge in [0.25, 0.3) is 0 Å². The number of aromatic nitrogens is 3. The smallest absolute Gasteiger partial charge is 0.153 e. The van der Waals surface area contributed by atoms with Crippen LogP contribution in [0.2, 0.25) is 0 Å². The minimum absolute atomic E-state index is 0.414. The van der Waals surface area contributed by atoms with E-state index in [0.29, 0.717) is 12.5 Å². The average Bonchev–Trinajstić information content (AvgIpc) is 3.00. The summed E-state index contributed by atoms with van der Waals surface area (Å²) in [6, 6.07) is 16.4. The maximum atomic E-state index is 5.76. The van der Waals surface area contributed by atoms with Gasteiger partial charge in [-0.1, -0.05) is 44.2 Å². The molecule has 2 aromatic heterocycles. The molecule has 4 heteroatoms. The van der Waals surface area contributed by atoms with Crippen molar-refractivity contribution in [2.45, 2.75) is 26.3 Å². The molecule has 2 heterocycles. The highest BCUT2D eigenvalue weighted by Crippen LogP contribution is 2.25. The molecule has 0 aliphatic heterocycles. The molecular formula is C18H20N4. The summed E-state index contributed by atoms with van der Waals surface area (Å²) in [6.45, 7) is 4.80. The molecule has 112 valence electrons. The number of benzene rings is 1. The van der Waals surface area contributed by atoms with E-state index in [9.17, 15) is 0 Å². The monoisotopic (exact) mass is 292 g/mol. The van der Waals surface area contributed by atoms with E-state index in [0.717, 1.165) is 22.8 Å². The lowest BCUT2D eigenvalue weighted by atomic mass is 10.0. The lowest BCUT2D eigenvalue weighted by molar-refractivity contribution is 0.815. The van der Waals surface area contributed by atoms with E-state index in [4.69, 9.17) is 5.73 Å². The van der Waals surface area contributed by atoms with Crippen molar-refractivity contribution in [2.24, 2.45) is 5.73 Å². The van der Waals surface area contributed by atoms with E-state index in [1.807, 2.05) is 28.9 Å². The van der Waals surface area contributed by atoms with Crippen molar-refractivity contribution in [2.75, 3.05) is 0 Å². The molecule has 0 aliphatic rings. The molecule has 22 heavy (non-hydrogen) atoms. The Labute approximate surface area is 130 Å². The Morgan fingerprint density at radius 2 is 1.86 bits per heavy atom. The van der Waals surface area contributed by atoms with Gasteiger partial charge in [-0.2, -0.15) is 5.10 Å². The van der Waals surface area contributed by atoms with Gasteiger partial charge in [0.2, 0.25) is 0 Å². The van der Waals surface area contributed by atoms with Crippen LogP contribution in [0.5, 0.6) is 0 Å². The first-order valence-corrected chi connectivity index (χ1v) is 7.50. The summed E-state index contributed by atoms with van der Waals surface area (Å²) in [7, 11) is 0. The van der Waals surface area contributed by atoms with E-state index in [2.05, 4.69) is 48.2 Å². The molecule has 0 bridgehead atoms. The van der Waals surface area contributed by atoms with Crippen molar-refractivity contribution in [3.05, 3.63) is 66.0 Å². The summed E-state index contributed by atoms with van der Waals surface area (Å²) < 4.78 is 1.85. The van der Waals surface area contributed by atoms with Gasteiger partial charge in [-0.05, 0) is 29.7 Å². The highest BCUT2D eigenvalue weighted by atomic mass is 15.3. The van der Waals surface area contributed by atoms with Gasteiger partial charge < -0.3 is 5.73 Å². The normalized spacial score (nSPS) is 11.1. The van der Waals surface area contributed by atoms with Crippen LogP contribution in [0.1, 0.15) is 31.0 Å². The predicted octanol–water partition coefficient (Wildman–Crippen LogP) is 3.52. The fourth-order valence-corrected chi connectivity index (χ4v) is 2.43. The molecule has 3 rings (SSSR count). The third-order valence-electron chi connectivity index (χ3n) is 3.71. The summed E-state index contributed by atoms with van der Waals surface area (Å²) in [5.41, 5.74) is 10.1. The van der Waals surface area contributed by atoms with Gasteiger partial charge in [-0.3, -0.25) is 0 Å². The zero-order chi connectivity index (χ0) is 15.5. The molecule has 4 nitrogen and oxygen atoms in total. The summed E-state index contributed by atoms with van der Waals surface area (Å²) >= 11 is 0. The van der Waals surface area contributed by atoms with Crippen molar-refractivity contribution < 1.29 is 0 Å². The lowest BCUT2D eigenvalue weighted by Gasteiger charge is -2.09. The standard InChI is InChI=1S/C18H20N4/c1-13(2)14-6-8-15(9-7-14)17-11-16(12-19)21-22(17)18-5-3-4-10-20-18/h3-11,13H,12,19H2,1-2H3. The zero-order valence-electron chi connectivity index (χ0n) is 12.9. The molecule has 3 aromatic rings. The zero-order valence-corrected chi connectivity index (χ0v) is 12.9. The lowest BCUT2D eigenvalue weighted by Crippen LogP contribution is -2.03. The van der Waals surface area contributed by atoms with Crippen LogP contribution in [0, 0.1) is 0 Å². The van der Waals surface area contributed by atoms with Crippen LogP contribution in [-0.2, 0) is 6.54 Å². The number of pyridine rings is 1. The number of hydrogen-bond donors (Lipinski definition) is 1. The van der Waals surface area contributed by atoms with Crippen molar-refractivity contribution in [3.63, 3.8) is 0 Å². The molecule has 0 atom stereocenters. The Hall–Kier alpha value is -2.46. The molecule has 2 N–H and O–H groups in total. The highest BCUT2D eigenvalue weighted by Gasteiger charge is 2.12. The Kier molecular flexibility index (Phi) is 4.02. The largest absolute Gasteiger partial charge is 0.325 e. The molecule has 0 saturated heterocycles. The molecule has 0 fully saturated rings. The Balaban J connectivity index is 2.08. The van der Waals surface area contributed by atoms with Gasteiger partial charge in [-0.25, -0.2) is 9.67 Å². The topological polar surface area (TPSA) is 56.7 Å². The summed E-state index contributed by atoms with van der Waals surface area (Å²) in [5, 5.41) is 4.56. The van der Waals surface area contributed by atoms with Crippen LogP contribution in [0.4, 0.5) is 0 Å². The first kappa shape index (κ1) is 14.5. The van der Waals surface area contributed by atoms with Crippen LogP contribution in [0.15, 0.2) is 54.7 Å². The number of nitrogens with two attached hydrogens (primary N) is 1. The van der Waals surface area contributed by atoms with Crippen LogP contribution in [-0.4, -0.2) is 14.8 Å². The number of rotatable bonds is 4. The van der Waals surface area contributed by atoms with Crippen molar-refractivity contribution >= 4 is 0 Å². The molecule has 0 amide bonds. The van der Waals surface area contributed by atoms with E-state index in [1.54, 1.807) is 6.20 Å². The second-order valence-corrected chi connectivity index (χ2v) is 5.60. The van der Waals surface area contributed by atoms with Gasteiger partial charge in [0, 0.05) is 18.3 Å². The highest BCUT2D eigenvalue weighted by molar-refractivity contribution is 5.62. The van der Waals surface area contributed by atoms with Crippen LogP contribution >= 0.6 is 0 Å². The van der Waals surface area contributed by atoms with Crippen molar-refractivity contribution in [1.82, 2.24) is 14.8 Å². The van der Waals surface area contributed by atoms with Crippen molar-refractivity contribution in [3.8, 4) is 17.1 Å². The van der Waals surface area contributed by atoms with Crippen LogP contribution in [0.3, 0.4) is 0 Å². The summed E-state index contributed by atoms with van der Waals surface area (Å²) in [6.07, 6.45) is 1.77. The second kappa shape index (κ2) is 6.12. The van der Waals surface area contributed by atoms with E-state index >= 15 is 0 Å². The summed E-state index contributed by atoms with van der Waals surface area (Å²) in [5.74, 6) is 1.32. The predicted molar refractivity (Wildman–Crippen MR) is 88.8 cm³/mol. The Morgan fingerprint density at radius 1 is 1.09 bits per heavy atom. The quantitative estimate of drug-likeness (QED) is 0.800. The van der Waals surface area contributed by atoms with E-state index in [1.165, 1.54) is 5.56 Å². The fourth-order valence-electron chi connectivity index (χ4n) is 2.43. The molecule has 0 radical (unpaired) electrons. The number of hydrogen-bond acceptors (Lipinski definition) is 3. The first-order valence-electron chi connectivity index (χ1n) is 7.50. The summed E-state index contributed by atoms with van der Waals surface area (Å²) in [4.78, 5) is 4.39. The van der Waals surface area contributed by atoms with Crippen LogP contribution in [0.25, 0.3) is 17.1 Å². The van der Waals surface area contributed by atoms with E-state index < -0.39 is 0 Å². The maximum absolute atomic E-state index is 5.76. The average molecular weight is 292 g/mol. The fraction of sp³-hybridized carbons (Fsp3) is 0.222. The van der Waals surface area contributed by atoms with Gasteiger partial charge in [0.15, 0.2) is 5.82 Å². The van der Waals surface area contributed by atoms with Gasteiger partial charge in [-0.15, -0.1) is 0 Å². The SMILES string of the molecule is CC(C)c1ccc(-c2cc(CN)nn2-c2ccccn2)cc1. The molecule has 1 aromatic carbocycles. The molecule has 0 spiro atoms.